The highest BCUT2D eigenvalue weighted by Gasteiger charge is 2.52. The Morgan fingerprint density at radius 1 is 0.375 bits per heavy atom. The zero-order chi connectivity index (χ0) is 41.9. The highest BCUT2D eigenvalue weighted by molar-refractivity contribution is 6.18. The first kappa shape index (κ1) is 35.2. The van der Waals surface area contributed by atoms with Crippen molar-refractivity contribution in [1.82, 2.24) is 4.57 Å². The maximum absolute atomic E-state index is 6.43. The van der Waals surface area contributed by atoms with E-state index in [2.05, 4.69) is 234 Å². The molecule has 64 heavy (non-hydrogen) atoms. The smallest absolute Gasteiger partial charge is 0.136 e. The van der Waals surface area contributed by atoms with Gasteiger partial charge in [0.15, 0.2) is 0 Å². The molecule has 0 N–H and O–H groups in total. The number of rotatable bonds is 5. The molecule has 298 valence electrons. The van der Waals surface area contributed by atoms with Gasteiger partial charge in [-0.15, -0.1) is 0 Å². The third kappa shape index (κ3) is 4.65. The van der Waals surface area contributed by atoms with E-state index in [9.17, 15) is 0 Å². The average molecular weight is 815 g/mol. The minimum Gasteiger partial charge on any atom is -0.456 e. The molecule has 2 aliphatic rings. The van der Waals surface area contributed by atoms with Gasteiger partial charge in [-0.25, -0.2) is 0 Å². The molecule has 0 saturated carbocycles. The summed E-state index contributed by atoms with van der Waals surface area (Å²) in [6.07, 6.45) is 0. The first-order valence-corrected chi connectivity index (χ1v) is 22.1. The maximum atomic E-state index is 6.43. The van der Waals surface area contributed by atoms with Gasteiger partial charge in [0, 0.05) is 38.5 Å². The predicted octanol–water partition coefficient (Wildman–Crippen LogP) is 16.2. The van der Waals surface area contributed by atoms with Crippen molar-refractivity contribution in [2.24, 2.45) is 0 Å². The van der Waals surface area contributed by atoms with Crippen molar-refractivity contribution in [2.45, 2.75) is 5.41 Å². The van der Waals surface area contributed by atoms with Crippen LogP contribution in [0.1, 0.15) is 22.3 Å². The molecule has 2 aliphatic carbocycles. The Hall–Kier alpha value is -8.40. The molecule has 3 heteroatoms. The van der Waals surface area contributed by atoms with Crippen LogP contribution in [0.5, 0.6) is 0 Å². The van der Waals surface area contributed by atoms with E-state index in [0.29, 0.717) is 0 Å². The molecule has 2 aromatic heterocycles. The van der Waals surface area contributed by atoms with Crippen LogP contribution in [0, 0.1) is 0 Å². The summed E-state index contributed by atoms with van der Waals surface area (Å²) in [5.74, 6) is 0. The third-order valence-electron chi connectivity index (χ3n) is 14.0. The second-order valence-electron chi connectivity index (χ2n) is 17.1. The van der Waals surface area contributed by atoms with Crippen LogP contribution in [-0.2, 0) is 5.41 Å². The number of fused-ring (bicyclic) bond motifs is 16. The summed E-state index contributed by atoms with van der Waals surface area (Å²) in [6.45, 7) is 0. The Balaban J connectivity index is 1.10. The van der Waals surface area contributed by atoms with Crippen LogP contribution in [0.4, 0.5) is 17.1 Å². The average Bonchev–Trinajstić information content (AvgIpc) is 4.09. The molecule has 1 spiro atoms. The Bertz CT molecular complexity index is 3820. The van der Waals surface area contributed by atoms with Gasteiger partial charge in [-0.1, -0.05) is 170 Å². The lowest BCUT2D eigenvalue weighted by Gasteiger charge is -2.32. The molecule has 0 bridgehead atoms. The Labute approximate surface area is 370 Å². The molecule has 0 aliphatic heterocycles. The van der Waals surface area contributed by atoms with Crippen LogP contribution < -0.4 is 4.90 Å². The third-order valence-corrected chi connectivity index (χ3v) is 14.0. The van der Waals surface area contributed by atoms with Crippen molar-refractivity contribution in [3.8, 4) is 39.1 Å². The van der Waals surface area contributed by atoms with Crippen LogP contribution in [0.3, 0.4) is 0 Å². The predicted molar refractivity (Wildman–Crippen MR) is 264 cm³/mol. The lowest BCUT2D eigenvalue weighted by Crippen LogP contribution is -2.26. The molecule has 0 saturated heterocycles. The standard InChI is InChI=1S/C61H38N2O/c1-2-19-40(20-3-1)62-52-32-12-7-25-46(52)60-54(62)34-17-35-55(60)63(41-21-14-18-39(38-41)42-27-15-37-57-58(42)47-26-8-13-36-56(47)64-57)53-33-16-31-51-59(53)45-24-6-11-30-50(45)61(51)48-28-9-4-22-43(48)44-23-5-10-29-49(44)61/h1-38H. The molecule has 0 unspecified atom stereocenters. The number of hydrogen-bond acceptors (Lipinski definition) is 2. The molecular weight excluding hydrogens is 777 g/mol. The normalized spacial score (nSPS) is 13.1. The van der Waals surface area contributed by atoms with Crippen molar-refractivity contribution >= 4 is 60.8 Å². The highest BCUT2D eigenvalue weighted by Crippen LogP contribution is 2.65. The number of anilines is 3. The van der Waals surface area contributed by atoms with E-state index in [1.54, 1.807) is 0 Å². The minimum absolute atomic E-state index is 0.476. The summed E-state index contributed by atoms with van der Waals surface area (Å²) < 4.78 is 8.84. The second-order valence-corrected chi connectivity index (χ2v) is 17.1. The molecule has 3 nitrogen and oxygen atoms in total. The van der Waals surface area contributed by atoms with Crippen molar-refractivity contribution in [3.05, 3.63) is 253 Å². The van der Waals surface area contributed by atoms with E-state index in [-0.39, 0.29) is 0 Å². The van der Waals surface area contributed by atoms with E-state index in [1.165, 1.54) is 60.8 Å². The largest absolute Gasteiger partial charge is 0.456 e. The molecular formula is C61H38N2O. The minimum atomic E-state index is -0.476. The molecule has 0 atom stereocenters. The molecule has 12 aromatic rings. The number of benzene rings is 10. The summed E-state index contributed by atoms with van der Waals surface area (Å²) in [6, 6.07) is 84.6. The van der Waals surface area contributed by atoms with Gasteiger partial charge in [0.2, 0.25) is 0 Å². The lowest BCUT2D eigenvalue weighted by atomic mass is 9.70. The molecule has 0 radical (unpaired) electrons. The van der Waals surface area contributed by atoms with Crippen LogP contribution in [0.2, 0.25) is 0 Å². The van der Waals surface area contributed by atoms with Crippen LogP contribution >= 0.6 is 0 Å². The summed E-state index contributed by atoms with van der Waals surface area (Å²) >= 11 is 0. The summed E-state index contributed by atoms with van der Waals surface area (Å²) in [4.78, 5) is 2.54. The Morgan fingerprint density at radius 2 is 0.938 bits per heavy atom. The molecule has 2 heterocycles. The summed E-state index contributed by atoms with van der Waals surface area (Å²) in [5, 5.41) is 4.65. The fraction of sp³-hybridized carbons (Fsp3) is 0.0164. The van der Waals surface area contributed by atoms with Crippen molar-refractivity contribution < 1.29 is 4.42 Å². The number of aromatic nitrogens is 1. The molecule has 14 rings (SSSR count). The van der Waals surface area contributed by atoms with E-state index >= 15 is 0 Å². The SMILES string of the molecule is c1ccc(-n2c3ccccc3c3c(N(c4cccc(-c5cccc6oc7ccccc7c56)c4)c4cccc5c4-c4ccccc4C54c5ccccc5-c5ccccc54)cccc32)cc1. The van der Waals surface area contributed by atoms with Gasteiger partial charge in [0.05, 0.1) is 27.8 Å². The van der Waals surface area contributed by atoms with Crippen LogP contribution in [0.25, 0.3) is 82.8 Å². The van der Waals surface area contributed by atoms with E-state index in [4.69, 9.17) is 4.42 Å². The van der Waals surface area contributed by atoms with Crippen LogP contribution in [0.15, 0.2) is 235 Å². The van der Waals surface area contributed by atoms with Crippen molar-refractivity contribution in [3.63, 3.8) is 0 Å². The van der Waals surface area contributed by atoms with E-state index < -0.39 is 5.41 Å². The van der Waals surface area contributed by atoms with Gasteiger partial charge in [0.1, 0.15) is 11.2 Å². The highest BCUT2D eigenvalue weighted by atomic mass is 16.3. The molecule has 0 fully saturated rings. The first-order chi connectivity index (χ1) is 31.8. The van der Waals surface area contributed by atoms with Crippen LogP contribution in [-0.4, -0.2) is 4.57 Å². The number of nitrogens with zero attached hydrogens (tertiary/aromatic N) is 2. The first-order valence-electron chi connectivity index (χ1n) is 22.1. The number of para-hydroxylation sites is 3. The fourth-order valence-electron chi connectivity index (χ4n) is 11.6. The zero-order valence-corrected chi connectivity index (χ0v) is 34.7. The second kappa shape index (κ2) is 13.3. The molecule has 0 amide bonds. The summed E-state index contributed by atoms with van der Waals surface area (Å²) in [5.41, 5.74) is 20.8. The maximum Gasteiger partial charge on any atom is 0.136 e. The molecule has 10 aromatic carbocycles. The zero-order valence-electron chi connectivity index (χ0n) is 34.7. The Kier molecular flexibility index (Phi) is 7.32. The lowest BCUT2D eigenvalue weighted by molar-refractivity contribution is 0.669. The fourth-order valence-corrected chi connectivity index (χ4v) is 11.6. The topological polar surface area (TPSA) is 21.3 Å². The number of hydrogen-bond donors (Lipinski definition) is 0. The van der Waals surface area contributed by atoms with Crippen molar-refractivity contribution in [2.75, 3.05) is 4.90 Å². The van der Waals surface area contributed by atoms with Gasteiger partial charge in [-0.3, -0.25) is 0 Å². The monoisotopic (exact) mass is 814 g/mol. The van der Waals surface area contributed by atoms with Gasteiger partial charge in [-0.05, 0) is 111 Å². The number of furan rings is 1. The van der Waals surface area contributed by atoms with Crippen molar-refractivity contribution in [1.29, 1.82) is 0 Å². The quantitative estimate of drug-likeness (QED) is 0.173. The van der Waals surface area contributed by atoms with E-state index in [0.717, 1.165) is 61.3 Å². The van der Waals surface area contributed by atoms with E-state index in [1.807, 2.05) is 6.07 Å². The van der Waals surface area contributed by atoms with Gasteiger partial charge < -0.3 is 13.9 Å². The van der Waals surface area contributed by atoms with Gasteiger partial charge in [0.25, 0.3) is 0 Å². The van der Waals surface area contributed by atoms with Gasteiger partial charge in [-0.2, -0.15) is 0 Å². The van der Waals surface area contributed by atoms with Gasteiger partial charge >= 0.3 is 0 Å². The Morgan fingerprint density at radius 3 is 1.75 bits per heavy atom. The summed E-state index contributed by atoms with van der Waals surface area (Å²) in [7, 11) is 0.